The number of benzene rings is 1. The van der Waals surface area contributed by atoms with Crippen molar-refractivity contribution in [3.05, 3.63) is 29.8 Å². The molecule has 128 valence electrons. The maximum absolute atomic E-state index is 6.14. The van der Waals surface area contributed by atoms with Crippen molar-refractivity contribution < 1.29 is 9.31 Å². The van der Waals surface area contributed by atoms with Gasteiger partial charge >= 0.3 is 7.12 Å². The first-order valence-corrected chi connectivity index (χ1v) is 8.55. The topological polar surface area (TPSA) is 30.5 Å². The molecule has 3 rings (SSSR count). The molecular formula is C18H29BClNO2. The summed E-state index contributed by atoms with van der Waals surface area (Å²) in [6.45, 7) is 9.31. The number of hydrogen-bond acceptors (Lipinski definition) is 3. The van der Waals surface area contributed by atoms with Crippen molar-refractivity contribution in [3.63, 3.8) is 0 Å². The van der Waals surface area contributed by atoms with E-state index < -0.39 is 0 Å². The third-order valence-electron chi connectivity index (χ3n) is 5.43. The summed E-state index contributed by atoms with van der Waals surface area (Å²) in [5.41, 5.74) is 1.86. The van der Waals surface area contributed by atoms with Gasteiger partial charge in [-0.25, -0.2) is 0 Å². The molecule has 1 aromatic rings. The van der Waals surface area contributed by atoms with Crippen LogP contribution in [-0.2, 0) is 15.9 Å². The van der Waals surface area contributed by atoms with Crippen LogP contribution in [0.1, 0.15) is 58.9 Å². The molecule has 0 spiro atoms. The molecule has 0 atom stereocenters. The molecule has 0 aromatic heterocycles. The molecule has 1 saturated heterocycles. The smallest absolute Gasteiger partial charge is 0.399 e. The van der Waals surface area contributed by atoms with Crippen molar-refractivity contribution in [1.29, 1.82) is 0 Å². The van der Waals surface area contributed by atoms with Crippen LogP contribution in [-0.4, -0.2) is 24.4 Å². The highest BCUT2D eigenvalue weighted by atomic mass is 35.5. The summed E-state index contributed by atoms with van der Waals surface area (Å²) in [7, 11) is -0.267. The van der Waals surface area contributed by atoms with Crippen molar-refractivity contribution >= 4 is 25.0 Å². The Kier molecular flexibility index (Phi) is 5.83. The van der Waals surface area contributed by atoms with E-state index in [0.29, 0.717) is 6.04 Å². The van der Waals surface area contributed by atoms with Crippen LogP contribution in [0.2, 0.25) is 0 Å². The summed E-state index contributed by atoms with van der Waals surface area (Å²) < 4.78 is 12.3. The Bertz CT molecular complexity index is 514. The summed E-state index contributed by atoms with van der Waals surface area (Å²) >= 11 is 0. The van der Waals surface area contributed by atoms with Crippen LogP contribution in [0.25, 0.3) is 0 Å². The SMILES string of the molecule is CC1(C)OB(c2cccc(CNC3CCCC3)c2)OC1(C)C.Cl. The average Bonchev–Trinajstić information content (AvgIpc) is 3.04. The van der Waals surface area contributed by atoms with Gasteiger partial charge in [0.25, 0.3) is 0 Å². The van der Waals surface area contributed by atoms with Crippen LogP contribution in [0.5, 0.6) is 0 Å². The van der Waals surface area contributed by atoms with Gasteiger partial charge in [0.2, 0.25) is 0 Å². The maximum Gasteiger partial charge on any atom is 0.494 e. The van der Waals surface area contributed by atoms with Crippen LogP contribution in [0.4, 0.5) is 0 Å². The molecule has 2 fully saturated rings. The van der Waals surface area contributed by atoms with Gasteiger partial charge in [0.15, 0.2) is 0 Å². The zero-order chi connectivity index (χ0) is 15.8. The molecule has 0 unspecified atom stereocenters. The summed E-state index contributed by atoms with van der Waals surface area (Å²) in [5, 5.41) is 3.67. The summed E-state index contributed by atoms with van der Waals surface area (Å²) in [6.07, 6.45) is 5.37. The Morgan fingerprint density at radius 2 is 1.70 bits per heavy atom. The molecule has 1 aliphatic heterocycles. The summed E-state index contributed by atoms with van der Waals surface area (Å²) in [4.78, 5) is 0. The van der Waals surface area contributed by atoms with Gasteiger partial charge in [-0.2, -0.15) is 0 Å². The number of halogens is 1. The van der Waals surface area contributed by atoms with Crippen LogP contribution < -0.4 is 10.8 Å². The maximum atomic E-state index is 6.14. The normalized spacial score (nSPS) is 23.0. The predicted octanol–water partition coefficient (Wildman–Crippen LogP) is 3.44. The fourth-order valence-corrected chi connectivity index (χ4v) is 3.22. The third kappa shape index (κ3) is 4.11. The van der Waals surface area contributed by atoms with E-state index >= 15 is 0 Å². The van der Waals surface area contributed by atoms with Gasteiger partial charge in [-0.15, -0.1) is 12.4 Å². The van der Waals surface area contributed by atoms with Gasteiger partial charge in [-0.1, -0.05) is 37.1 Å². The lowest BCUT2D eigenvalue weighted by Crippen LogP contribution is -2.41. The second kappa shape index (κ2) is 7.14. The van der Waals surface area contributed by atoms with E-state index in [2.05, 4.69) is 57.3 Å². The first-order valence-electron chi connectivity index (χ1n) is 8.55. The van der Waals surface area contributed by atoms with Gasteiger partial charge in [0.1, 0.15) is 0 Å². The highest BCUT2D eigenvalue weighted by molar-refractivity contribution is 6.62. The van der Waals surface area contributed by atoms with E-state index in [9.17, 15) is 0 Å². The van der Waals surface area contributed by atoms with E-state index in [1.807, 2.05) is 0 Å². The van der Waals surface area contributed by atoms with Gasteiger partial charge in [0.05, 0.1) is 11.2 Å². The highest BCUT2D eigenvalue weighted by Gasteiger charge is 2.51. The van der Waals surface area contributed by atoms with Gasteiger partial charge in [-0.05, 0) is 51.6 Å². The van der Waals surface area contributed by atoms with E-state index in [4.69, 9.17) is 9.31 Å². The quantitative estimate of drug-likeness (QED) is 0.854. The van der Waals surface area contributed by atoms with Crippen molar-refractivity contribution in [2.24, 2.45) is 0 Å². The number of nitrogens with one attached hydrogen (secondary N) is 1. The first-order chi connectivity index (χ1) is 10.4. The lowest BCUT2D eigenvalue weighted by atomic mass is 9.78. The van der Waals surface area contributed by atoms with Gasteiger partial charge in [-0.3, -0.25) is 0 Å². The molecule has 0 amide bonds. The fraction of sp³-hybridized carbons (Fsp3) is 0.667. The molecule has 1 heterocycles. The van der Waals surface area contributed by atoms with Crippen LogP contribution in [0.3, 0.4) is 0 Å². The van der Waals surface area contributed by atoms with Gasteiger partial charge < -0.3 is 14.6 Å². The largest absolute Gasteiger partial charge is 0.494 e. The van der Waals surface area contributed by atoms with Crippen molar-refractivity contribution in [3.8, 4) is 0 Å². The van der Waals surface area contributed by atoms with E-state index in [1.54, 1.807) is 0 Å². The number of hydrogen-bond donors (Lipinski definition) is 1. The molecular weight excluding hydrogens is 308 g/mol. The summed E-state index contributed by atoms with van der Waals surface area (Å²) in [6, 6.07) is 9.29. The molecule has 1 saturated carbocycles. The van der Waals surface area contributed by atoms with Crippen molar-refractivity contribution in [2.45, 2.75) is 77.2 Å². The molecule has 2 aliphatic rings. The molecule has 0 bridgehead atoms. The second-order valence-corrected chi connectivity index (χ2v) is 7.70. The predicted molar refractivity (Wildman–Crippen MR) is 98.5 cm³/mol. The lowest BCUT2D eigenvalue weighted by molar-refractivity contribution is 0.00578. The molecule has 5 heteroatoms. The van der Waals surface area contributed by atoms with Crippen LogP contribution in [0, 0.1) is 0 Å². The zero-order valence-corrected chi connectivity index (χ0v) is 15.5. The average molecular weight is 338 g/mol. The monoisotopic (exact) mass is 337 g/mol. The minimum Gasteiger partial charge on any atom is -0.399 e. The molecule has 0 radical (unpaired) electrons. The van der Waals surface area contributed by atoms with E-state index in [1.165, 1.54) is 31.2 Å². The Morgan fingerprint density at radius 1 is 1.09 bits per heavy atom. The zero-order valence-electron chi connectivity index (χ0n) is 14.7. The first kappa shape index (κ1) is 18.8. The third-order valence-corrected chi connectivity index (χ3v) is 5.43. The van der Waals surface area contributed by atoms with E-state index in [-0.39, 0.29) is 30.7 Å². The number of rotatable bonds is 4. The molecule has 3 nitrogen and oxygen atoms in total. The Morgan fingerprint density at radius 3 is 2.30 bits per heavy atom. The standard InChI is InChI=1S/C18H28BNO2.ClH/c1-17(2)18(3,4)22-19(21-17)15-9-7-8-14(12-15)13-20-16-10-5-6-11-16;/h7-9,12,16,20H,5-6,10-11,13H2,1-4H3;1H. The van der Waals surface area contributed by atoms with E-state index in [0.717, 1.165) is 12.0 Å². The molecule has 23 heavy (non-hydrogen) atoms. The Labute approximate surface area is 147 Å². The fourth-order valence-electron chi connectivity index (χ4n) is 3.22. The van der Waals surface area contributed by atoms with Crippen LogP contribution >= 0.6 is 12.4 Å². The minimum atomic E-state index is -0.282. The van der Waals surface area contributed by atoms with Crippen molar-refractivity contribution in [1.82, 2.24) is 5.32 Å². The molecule has 1 aromatic carbocycles. The van der Waals surface area contributed by atoms with Crippen LogP contribution in [0.15, 0.2) is 24.3 Å². The Balaban J connectivity index is 0.00000192. The highest BCUT2D eigenvalue weighted by Crippen LogP contribution is 2.36. The second-order valence-electron chi connectivity index (χ2n) is 7.70. The van der Waals surface area contributed by atoms with Gasteiger partial charge in [0, 0.05) is 12.6 Å². The Hall–Kier alpha value is -0.545. The summed E-state index contributed by atoms with van der Waals surface area (Å²) in [5.74, 6) is 0. The molecule has 1 N–H and O–H groups in total. The lowest BCUT2D eigenvalue weighted by Gasteiger charge is -2.32. The van der Waals surface area contributed by atoms with Crippen molar-refractivity contribution in [2.75, 3.05) is 0 Å². The minimum absolute atomic E-state index is 0. The molecule has 1 aliphatic carbocycles.